The summed E-state index contributed by atoms with van der Waals surface area (Å²) in [7, 11) is 5.96. The average molecular weight is 327 g/mol. The van der Waals surface area contributed by atoms with Gasteiger partial charge >= 0.3 is 0 Å². The highest BCUT2D eigenvalue weighted by Gasteiger charge is 2.12. The topological polar surface area (TPSA) is 28.6 Å². The lowest BCUT2D eigenvalue weighted by atomic mass is 10.0. The van der Waals surface area contributed by atoms with E-state index in [1.54, 1.807) is 7.11 Å². The maximum absolute atomic E-state index is 5.43. The second-order valence-electron chi connectivity index (χ2n) is 6.55. The van der Waals surface area contributed by atoms with E-state index in [-0.39, 0.29) is 0 Å². The van der Waals surface area contributed by atoms with Crippen molar-refractivity contribution in [1.29, 1.82) is 0 Å². The van der Waals surface area contributed by atoms with Gasteiger partial charge in [0.25, 0.3) is 0 Å². The maximum Gasteiger partial charge on any atom is 0.122 e. The van der Waals surface area contributed by atoms with Gasteiger partial charge in [-0.15, -0.1) is 0 Å². The highest BCUT2D eigenvalue weighted by molar-refractivity contribution is 5.43. The number of hydrogen-bond acceptors (Lipinski definition) is 4. The number of hydrogen-bond donors (Lipinski definition) is 0. The van der Waals surface area contributed by atoms with Crippen molar-refractivity contribution < 1.29 is 4.74 Å². The van der Waals surface area contributed by atoms with Crippen LogP contribution in [0.2, 0.25) is 0 Å². The first-order valence-electron chi connectivity index (χ1n) is 8.40. The van der Waals surface area contributed by atoms with Crippen LogP contribution in [0.5, 0.6) is 5.75 Å². The van der Waals surface area contributed by atoms with Gasteiger partial charge < -0.3 is 9.64 Å². The lowest BCUT2D eigenvalue weighted by molar-refractivity contribution is 0.225. The van der Waals surface area contributed by atoms with Crippen LogP contribution in [0.25, 0.3) is 0 Å². The normalized spacial score (nSPS) is 11.3. The SMILES string of the molecule is COc1ccc(CN(CCN(C)C)Cc2cccnc2)c(C)c1C. The molecule has 0 saturated heterocycles. The molecule has 2 aromatic rings. The molecule has 0 unspecified atom stereocenters. The van der Waals surface area contributed by atoms with Crippen molar-refractivity contribution in [1.82, 2.24) is 14.8 Å². The molecule has 0 saturated carbocycles. The monoisotopic (exact) mass is 327 g/mol. The second kappa shape index (κ2) is 8.81. The smallest absolute Gasteiger partial charge is 0.122 e. The van der Waals surface area contributed by atoms with Crippen LogP contribution >= 0.6 is 0 Å². The van der Waals surface area contributed by atoms with Crippen LogP contribution in [-0.2, 0) is 13.1 Å². The molecule has 0 aliphatic carbocycles. The molecular formula is C20H29N3O. The van der Waals surface area contributed by atoms with Crippen molar-refractivity contribution in [3.63, 3.8) is 0 Å². The van der Waals surface area contributed by atoms with Crippen molar-refractivity contribution in [3.8, 4) is 5.75 Å². The predicted octanol–water partition coefficient (Wildman–Crippen LogP) is 3.27. The Balaban J connectivity index is 2.16. The highest BCUT2D eigenvalue weighted by Crippen LogP contribution is 2.25. The zero-order valence-electron chi connectivity index (χ0n) is 15.5. The van der Waals surface area contributed by atoms with Crippen LogP contribution in [0.3, 0.4) is 0 Å². The van der Waals surface area contributed by atoms with E-state index in [9.17, 15) is 0 Å². The molecule has 0 fully saturated rings. The maximum atomic E-state index is 5.43. The van der Waals surface area contributed by atoms with Crippen LogP contribution in [0.15, 0.2) is 36.7 Å². The Morgan fingerprint density at radius 2 is 1.79 bits per heavy atom. The first-order chi connectivity index (χ1) is 11.5. The molecule has 0 N–H and O–H groups in total. The minimum absolute atomic E-state index is 0.909. The minimum Gasteiger partial charge on any atom is -0.496 e. The summed E-state index contributed by atoms with van der Waals surface area (Å²) in [5, 5.41) is 0. The van der Waals surface area contributed by atoms with Crippen molar-refractivity contribution in [3.05, 3.63) is 58.9 Å². The molecule has 130 valence electrons. The van der Waals surface area contributed by atoms with Gasteiger partial charge in [-0.2, -0.15) is 0 Å². The Hall–Kier alpha value is -1.91. The highest BCUT2D eigenvalue weighted by atomic mass is 16.5. The summed E-state index contributed by atoms with van der Waals surface area (Å²) in [6.07, 6.45) is 3.78. The van der Waals surface area contributed by atoms with Gasteiger partial charge in [0.1, 0.15) is 5.75 Å². The fourth-order valence-corrected chi connectivity index (χ4v) is 2.79. The van der Waals surface area contributed by atoms with E-state index in [1.807, 2.05) is 18.5 Å². The number of likely N-dealkylation sites (N-methyl/N-ethyl adjacent to an activating group) is 1. The van der Waals surface area contributed by atoms with Crippen LogP contribution in [0.4, 0.5) is 0 Å². The molecule has 1 heterocycles. The van der Waals surface area contributed by atoms with Crippen molar-refractivity contribution in [2.75, 3.05) is 34.3 Å². The summed E-state index contributed by atoms with van der Waals surface area (Å²) >= 11 is 0. The number of methoxy groups -OCH3 is 1. The molecule has 0 bridgehead atoms. The molecular weight excluding hydrogens is 298 g/mol. The van der Waals surface area contributed by atoms with Crippen LogP contribution in [0, 0.1) is 13.8 Å². The molecule has 0 atom stereocenters. The van der Waals surface area contributed by atoms with Gasteiger partial charge in [-0.25, -0.2) is 0 Å². The molecule has 0 aliphatic heterocycles. The average Bonchev–Trinajstić information content (AvgIpc) is 2.58. The molecule has 0 radical (unpaired) electrons. The molecule has 4 heteroatoms. The Morgan fingerprint density at radius 3 is 2.42 bits per heavy atom. The molecule has 2 rings (SSSR count). The number of ether oxygens (including phenoxy) is 1. The largest absolute Gasteiger partial charge is 0.496 e. The summed E-state index contributed by atoms with van der Waals surface area (Å²) in [6, 6.07) is 8.41. The third kappa shape index (κ3) is 5.05. The van der Waals surface area contributed by atoms with Crippen molar-refractivity contribution in [2.45, 2.75) is 26.9 Å². The van der Waals surface area contributed by atoms with Gasteiger partial charge in [0.05, 0.1) is 7.11 Å². The van der Waals surface area contributed by atoms with Gasteiger partial charge in [0, 0.05) is 38.6 Å². The molecule has 1 aromatic carbocycles. The van der Waals surface area contributed by atoms with Gasteiger partial charge in [0.15, 0.2) is 0 Å². The van der Waals surface area contributed by atoms with E-state index in [2.05, 4.69) is 60.9 Å². The van der Waals surface area contributed by atoms with E-state index in [1.165, 1.54) is 22.3 Å². The van der Waals surface area contributed by atoms with E-state index in [0.29, 0.717) is 0 Å². The molecule has 4 nitrogen and oxygen atoms in total. The van der Waals surface area contributed by atoms with Gasteiger partial charge in [-0.1, -0.05) is 12.1 Å². The van der Waals surface area contributed by atoms with E-state index < -0.39 is 0 Å². The summed E-state index contributed by atoms with van der Waals surface area (Å²) in [6.45, 7) is 8.21. The van der Waals surface area contributed by atoms with E-state index in [0.717, 1.165) is 31.9 Å². The Bertz CT molecular complexity index is 641. The van der Waals surface area contributed by atoms with Crippen LogP contribution in [0.1, 0.15) is 22.3 Å². The van der Waals surface area contributed by atoms with Crippen molar-refractivity contribution >= 4 is 0 Å². The standard InChI is InChI=1S/C20H29N3O/c1-16-17(2)20(24-5)9-8-19(16)15-23(12-11-22(3)4)14-18-7-6-10-21-13-18/h6-10,13H,11-12,14-15H2,1-5H3. The van der Waals surface area contributed by atoms with Crippen LogP contribution in [-0.4, -0.2) is 49.1 Å². The predicted molar refractivity (Wildman–Crippen MR) is 99.4 cm³/mol. The number of pyridine rings is 1. The fraction of sp³-hybridized carbons (Fsp3) is 0.450. The lowest BCUT2D eigenvalue weighted by Crippen LogP contribution is -2.31. The first kappa shape index (κ1) is 18.4. The number of rotatable bonds is 8. The zero-order chi connectivity index (χ0) is 17.5. The summed E-state index contributed by atoms with van der Waals surface area (Å²) in [4.78, 5) is 8.94. The minimum atomic E-state index is 0.909. The van der Waals surface area contributed by atoms with Gasteiger partial charge in [0.2, 0.25) is 0 Å². The Labute approximate surface area is 146 Å². The number of benzene rings is 1. The second-order valence-corrected chi connectivity index (χ2v) is 6.55. The zero-order valence-corrected chi connectivity index (χ0v) is 15.5. The third-order valence-corrected chi connectivity index (χ3v) is 4.46. The van der Waals surface area contributed by atoms with E-state index >= 15 is 0 Å². The van der Waals surface area contributed by atoms with Crippen LogP contribution < -0.4 is 4.74 Å². The Kier molecular flexibility index (Phi) is 6.76. The van der Waals surface area contributed by atoms with E-state index in [4.69, 9.17) is 4.74 Å². The molecule has 1 aromatic heterocycles. The molecule has 0 aliphatic rings. The number of aromatic nitrogens is 1. The van der Waals surface area contributed by atoms with Gasteiger partial charge in [-0.05, 0) is 62.3 Å². The number of nitrogens with zero attached hydrogens (tertiary/aromatic N) is 3. The Morgan fingerprint density at radius 1 is 1.00 bits per heavy atom. The third-order valence-electron chi connectivity index (χ3n) is 4.46. The first-order valence-corrected chi connectivity index (χ1v) is 8.40. The summed E-state index contributed by atoms with van der Waals surface area (Å²) in [5.74, 6) is 0.961. The molecule has 0 spiro atoms. The molecule has 0 amide bonds. The lowest BCUT2D eigenvalue weighted by Gasteiger charge is -2.25. The molecule has 24 heavy (non-hydrogen) atoms. The summed E-state index contributed by atoms with van der Waals surface area (Å²) in [5.41, 5.74) is 5.15. The quantitative estimate of drug-likeness (QED) is 0.744. The van der Waals surface area contributed by atoms with Crippen molar-refractivity contribution in [2.24, 2.45) is 0 Å². The summed E-state index contributed by atoms with van der Waals surface area (Å²) < 4.78 is 5.43. The fourth-order valence-electron chi connectivity index (χ4n) is 2.79. The van der Waals surface area contributed by atoms with Gasteiger partial charge in [-0.3, -0.25) is 9.88 Å².